The molecule has 6 heteroatoms. The van der Waals surface area contributed by atoms with Crippen molar-refractivity contribution in [3.8, 4) is 0 Å². The molecule has 3 heterocycles. The largest absolute Gasteiger partial charge is 0.377 e. The average Bonchev–Trinajstić information content (AvgIpc) is 2.81. The molecule has 1 aliphatic rings. The van der Waals surface area contributed by atoms with E-state index in [0.717, 1.165) is 49.4 Å². The highest BCUT2D eigenvalue weighted by atomic mass is 16.5. The van der Waals surface area contributed by atoms with Crippen molar-refractivity contribution in [2.75, 3.05) is 24.6 Å². The number of fused-ring (bicyclic) bond motifs is 1. The summed E-state index contributed by atoms with van der Waals surface area (Å²) in [4.78, 5) is 11.0. The third kappa shape index (κ3) is 2.28. The number of nitrogens with zero attached hydrogens (tertiary/aromatic N) is 5. The van der Waals surface area contributed by atoms with Gasteiger partial charge in [-0.25, -0.2) is 9.97 Å². The highest BCUT2D eigenvalue weighted by Gasteiger charge is 2.23. The van der Waals surface area contributed by atoms with Gasteiger partial charge in [-0.3, -0.25) is 4.68 Å². The minimum absolute atomic E-state index is 0.306. The summed E-state index contributed by atoms with van der Waals surface area (Å²) in [7, 11) is 1.90. The predicted octanol–water partition coefficient (Wildman–Crippen LogP) is 1.37. The number of rotatable bonds is 3. The van der Waals surface area contributed by atoms with E-state index >= 15 is 0 Å². The number of piperidine rings is 1. The molecule has 0 saturated carbocycles. The lowest BCUT2D eigenvalue weighted by Gasteiger charge is -2.33. The van der Waals surface area contributed by atoms with Crippen LogP contribution in [-0.4, -0.2) is 45.5 Å². The SMILES string of the molecule is CCO[C@H]1CCCN(c2ncnc3c2cnn3C)C1. The van der Waals surface area contributed by atoms with Crippen LogP contribution >= 0.6 is 0 Å². The maximum absolute atomic E-state index is 5.75. The Bertz CT molecular complexity index is 565. The first-order valence-electron chi connectivity index (χ1n) is 6.79. The molecule has 1 aliphatic heterocycles. The molecule has 0 spiro atoms. The zero-order valence-corrected chi connectivity index (χ0v) is 11.4. The molecule has 0 aliphatic carbocycles. The number of hydrogen-bond donors (Lipinski definition) is 0. The van der Waals surface area contributed by atoms with E-state index in [4.69, 9.17) is 4.74 Å². The molecule has 1 saturated heterocycles. The fourth-order valence-corrected chi connectivity index (χ4v) is 2.70. The molecule has 0 amide bonds. The van der Waals surface area contributed by atoms with Gasteiger partial charge in [-0.2, -0.15) is 5.10 Å². The second-order valence-electron chi connectivity index (χ2n) is 4.87. The zero-order chi connectivity index (χ0) is 13.2. The minimum atomic E-state index is 0.306. The first kappa shape index (κ1) is 12.3. The molecule has 102 valence electrons. The van der Waals surface area contributed by atoms with Gasteiger partial charge in [0.25, 0.3) is 0 Å². The quantitative estimate of drug-likeness (QED) is 0.835. The van der Waals surface area contributed by atoms with Crippen molar-refractivity contribution >= 4 is 16.9 Å². The van der Waals surface area contributed by atoms with E-state index in [1.807, 2.05) is 20.2 Å². The van der Waals surface area contributed by atoms with E-state index in [2.05, 4.69) is 20.0 Å². The third-order valence-electron chi connectivity index (χ3n) is 3.59. The molecule has 0 aromatic carbocycles. The van der Waals surface area contributed by atoms with Crippen LogP contribution in [0.5, 0.6) is 0 Å². The van der Waals surface area contributed by atoms with Crippen LogP contribution in [0.2, 0.25) is 0 Å². The van der Waals surface area contributed by atoms with E-state index < -0.39 is 0 Å². The monoisotopic (exact) mass is 261 g/mol. The van der Waals surface area contributed by atoms with Crippen molar-refractivity contribution in [3.05, 3.63) is 12.5 Å². The van der Waals surface area contributed by atoms with Gasteiger partial charge in [-0.05, 0) is 19.8 Å². The molecule has 1 atom stereocenters. The minimum Gasteiger partial charge on any atom is -0.377 e. The molecule has 0 radical (unpaired) electrons. The molecule has 0 N–H and O–H groups in total. The molecule has 19 heavy (non-hydrogen) atoms. The Hall–Kier alpha value is -1.69. The maximum atomic E-state index is 5.75. The molecule has 0 bridgehead atoms. The maximum Gasteiger partial charge on any atom is 0.163 e. The molecule has 6 nitrogen and oxygen atoms in total. The van der Waals surface area contributed by atoms with Crippen LogP contribution in [0, 0.1) is 0 Å². The van der Waals surface area contributed by atoms with Crippen molar-refractivity contribution < 1.29 is 4.74 Å². The van der Waals surface area contributed by atoms with Crippen LogP contribution in [-0.2, 0) is 11.8 Å². The van der Waals surface area contributed by atoms with Crippen LogP contribution in [0.4, 0.5) is 5.82 Å². The lowest BCUT2D eigenvalue weighted by molar-refractivity contribution is 0.0526. The number of ether oxygens (including phenoxy) is 1. The van der Waals surface area contributed by atoms with Gasteiger partial charge in [-0.1, -0.05) is 0 Å². The average molecular weight is 261 g/mol. The summed E-state index contributed by atoms with van der Waals surface area (Å²) in [5, 5.41) is 5.28. The second kappa shape index (κ2) is 5.13. The molecule has 2 aromatic rings. The standard InChI is InChI=1S/C13H19N5O/c1-3-19-10-5-4-6-18(8-10)13-11-7-16-17(2)12(11)14-9-15-13/h7,9-10H,3-6,8H2,1-2H3/t10-/m0/s1. The highest BCUT2D eigenvalue weighted by molar-refractivity contribution is 5.86. The summed E-state index contributed by atoms with van der Waals surface area (Å²) in [5.41, 5.74) is 0.878. The van der Waals surface area contributed by atoms with Gasteiger partial charge < -0.3 is 9.64 Å². The fourth-order valence-electron chi connectivity index (χ4n) is 2.70. The van der Waals surface area contributed by atoms with E-state index in [1.165, 1.54) is 0 Å². The Morgan fingerprint density at radius 1 is 1.42 bits per heavy atom. The van der Waals surface area contributed by atoms with Gasteiger partial charge in [0.15, 0.2) is 5.65 Å². The normalized spacial score (nSPS) is 20.1. The number of hydrogen-bond acceptors (Lipinski definition) is 5. The lowest BCUT2D eigenvalue weighted by Crippen LogP contribution is -2.40. The topological polar surface area (TPSA) is 56.1 Å². The first-order chi connectivity index (χ1) is 9.29. The summed E-state index contributed by atoms with van der Waals surface area (Å²) < 4.78 is 7.53. The summed E-state index contributed by atoms with van der Waals surface area (Å²) in [6, 6.07) is 0. The molecule has 0 unspecified atom stereocenters. The summed E-state index contributed by atoms with van der Waals surface area (Å²) in [6.45, 7) is 4.73. The van der Waals surface area contributed by atoms with Crippen molar-refractivity contribution in [1.82, 2.24) is 19.7 Å². The van der Waals surface area contributed by atoms with Crippen LogP contribution in [0.15, 0.2) is 12.5 Å². The smallest absolute Gasteiger partial charge is 0.163 e. The Kier molecular flexibility index (Phi) is 3.33. The molecule has 2 aromatic heterocycles. The van der Waals surface area contributed by atoms with Gasteiger partial charge in [0, 0.05) is 26.7 Å². The summed E-state index contributed by atoms with van der Waals surface area (Å²) >= 11 is 0. The Morgan fingerprint density at radius 2 is 2.32 bits per heavy atom. The van der Waals surface area contributed by atoms with E-state index in [0.29, 0.717) is 6.10 Å². The van der Waals surface area contributed by atoms with Gasteiger partial charge in [0.1, 0.15) is 12.1 Å². The molecule has 3 rings (SSSR count). The molecule has 1 fully saturated rings. The number of anilines is 1. The van der Waals surface area contributed by atoms with Crippen molar-refractivity contribution in [2.45, 2.75) is 25.9 Å². The predicted molar refractivity (Wildman–Crippen MR) is 73.2 cm³/mol. The Morgan fingerprint density at radius 3 is 3.16 bits per heavy atom. The Balaban J connectivity index is 1.91. The second-order valence-corrected chi connectivity index (χ2v) is 4.87. The van der Waals surface area contributed by atoms with Crippen LogP contribution in [0.25, 0.3) is 11.0 Å². The van der Waals surface area contributed by atoms with Gasteiger partial charge in [0.05, 0.1) is 17.7 Å². The molecular formula is C13H19N5O. The zero-order valence-electron chi connectivity index (χ0n) is 11.4. The van der Waals surface area contributed by atoms with Crippen LogP contribution in [0.3, 0.4) is 0 Å². The third-order valence-corrected chi connectivity index (χ3v) is 3.59. The van der Waals surface area contributed by atoms with E-state index in [-0.39, 0.29) is 0 Å². The van der Waals surface area contributed by atoms with Crippen LogP contribution in [0.1, 0.15) is 19.8 Å². The van der Waals surface area contributed by atoms with Crippen molar-refractivity contribution in [3.63, 3.8) is 0 Å². The van der Waals surface area contributed by atoms with Crippen molar-refractivity contribution in [2.24, 2.45) is 7.05 Å². The number of aryl methyl sites for hydroxylation is 1. The first-order valence-corrected chi connectivity index (χ1v) is 6.79. The summed E-state index contributed by atoms with van der Waals surface area (Å²) in [5.74, 6) is 0.975. The van der Waals surface area contributed by atoms with Crippen molar-refractivity contribution in [1.29, 1.82) is 0 Å². The fraction of sp³-hybridized carbons (Fsp3) is 0.615. The highest BCUT2D eigenvalue weighted by Crippen LogP contribution is 2.25. The van der Waals surface area contributed by atoms with Crippen LogP contribution < -0.4 is 4.90 Å². The van der Waals surface area contributed by atoms with Gasteiger partial charge in [-0.15, -0.1) is 0 Å². The molecular weight excluding hydrogens is 242 g/mol. The summed E-state index contributed by atoms with van der Waals surface area (Å²) in [6.07, 6.45) is 6.03. The van der Waals surface area contributed by atoms with E-state index in [9.17, 15) is 0 Å². The van der Waals surface area contributed by atoms with Gasteiger partial charge >= 0.3 is 0 Å². The number of aromatic nitrogens is 4. The van der Waals surface area contributed by atoms with E-state index in [1.54, 1.807) is 11.0 Å². The Labute approximate surface area is 112 Å². The van der Waals surface area contributed by atoms with Gasteiger partial charge in [0.2, 0.25) is 0 Å². The lowest BCUT2D eigenvalue weighted by atomic mass is 10.1.